The molecule has 1 unspecified atom stereocenters. The Morgan fingerprint density at radius 3 is 2.52 bits per heavy atom. The average Bonchev–Trinajstić information content (AvgIpc) is 3.03. The minimum atomic E-state index is -0.0723. The maximum Gasteiger partial charge on any atom is 0.191 e. The molecule has 5 nitrogen and oxygen atoms in total. The number of halogens is 1. The lowest BCUT2D eigenvalue weighted by Gasteiger charge is -2.24. The lowest BCUT2D eigenvalue weighted by Crippen LogP contribution is -2.45. The first-order chi connectivity index (χ1) is 11.6. The summed E-state index contributed by atoms with van der Waals surface area (Å²) in [5, 5.41) is 6.70. The molecule has 0 amide bonds. The van der Waals surface area contributed by atoms with Crippen molar-refractivity contribution in [3.63, 3.8) is 0 Å². The van der Waals surface area contributed by atoms with Crippen molar-refractivity contribution >= 4 is 29.9 Å². The summed E-state index contributed by atoms with van der Waals surface area (Å²) in [7, 11) is 0. The van der Waals surface area contributed by atoms with E-state index in [2.05, 4.69) is 53.7 Å². The molecule has 2 N–H and O–H groups in total. The quantitative estimate of drug-likeness (QED) is 0.354. The van der Waals surface area contributed by atoms with E-state index in [4.69, 9.17) is 9.47 Å². The van der Waals surface area contributed by atoms with Gasteiger partial charge in [-0.3, -0.25) is 0 Å². The number of hydrogen-bond acceptors (Lipinski definition) is 3. The molecule has 1 fully saturated rings. The zero-order valence-corrected chi connectivity index (χ0v) is 18.0. The van der Waals surface area contributed by atoms with E-state index in [0.29, 0.717) is 13.2 Å². The maximum atomic E-state index is 5.82. The maximum absolute atomic E-state index is 5.82. The van der Waals surface area contributed by atoms with Crippen LogP contribution in [0.2, 0.25) is 0 Å². The van der Waals surface area contributed by atoms with Crippen molar-refractivity contribution in [3.8, 4) is 0 Å². The van der Waals surface area contributed by atoms with E-state index in [9.17, 15) is 0 Å². The van der Waals surface area contributed by atoms with Crippen molar-refractivity contribution in [2.45, 2.75) is 52.4 Å². The second kappa shape index (κ2) is 11.7. The van der Waals surface area contributed by atoms with Crippen molar-refractivity contribution in [2.24, 2.45) is 4.99 Å². The number of aliphatic imine (C=N–C) groups is 1. The van der Waals surface area contributed by atoms with Gasteiger partial charge in [-0.25, -0.2) is 4.99 Å². The molecule has 1 atom stereocenters. The van der Waals surface area contributed by atoms with Crippen molar-refractivity contribution in [1.29, 1.82) is 0 Å². The van der Waals surface area contributed by atoms with Crippen LogP contribution in [0.25, 0.3) is 0 Å². The Hall–Kier alpha value is -0.860. The molecular formula is C19H32IN3O2. The van der Waals surface area contributed by atoms with Crippen molar-refractivity contribution in [2.75, 3.05) is 26.3 Å². The topological polar surface area (TPSA) is 54.9 Å². The number of ether oxygens (including phenoxy) is 2. The summed E-state index contributed by atoms with van der Waals surface area (Å²) in [5.74, 6) is 0.840. The normalized spacial score (nSPS) is 20.2. The molecule has 0 bridgehead atoms. The van der Waals surface area contributed by atoms with Crippen LogP contribution in [0.15, 0.2) is 29.3 Å². The van der Waals surface area contributed by atoms with Gasteiger partial charge in [-0.2, -0.15) is 0 Å². The Morgan fingerprint density at radius 2 is 1.92 bits per heavy atom. The monoisotopic (exact) mass is 461 g/mol. The van der Waals surface area contributed by atoms with Crippen molar-refractivity contribution in [3.05, 3.63) is 35.4 Å². The first kappa shape index (κ1) is 22.2. The summed E-state index contributed by atoms with van der Waals surface area (Å²) in [6.45, 7) is 10.8. The standard InChI is InChI=1S/C19H31N3O2.HI/c1-4-20-18(22-15-19(3)11-6-12-24-19)21-13-16-7-9-17(10-8-16)14-23-5-2;/h7-10H,4-6,11-15H2,1-3H3,(H2,20,21,22);1H. The van der Waals surface area contributed by atoms with Gasteiger partial charge in [-0.1, -0.05) is 24.3 Å². The highest BCUT2D eigenvalue weighted by Gasteiger charge is 2.29. The van der Waals surface area contributed by atoms with Crippen LogP contribution in [0.3, 0.4) is 0 Å². The van der Waals surface area contributed by atoms with Gasteiger partial charge in [0, 0.05) is 26.3 Å². The Bertz CT molecular complexity index is 514. The van der Waals surface area contributed by atoms with Gasteiger partial charge in [-0.15, -0.1) is 24.0 Å². The fraction of sp³-hybridized carbons (Fsp3) is 0.632. The number of guanidine groups is 1. The van der Waals surface area contributed by atoms with Crippen LogP contribution < -0.4 is 10.6 Å². The van der Waals surface area contributed by atoms with Crippen LogP contribution in [0.1, 0.15) is 44.7 Å². The number of nitrogens with one attached hydrogen (secondary N) is 2. The fourth-order valence-corrected chi connectivity index (χ4v) is 2.72. The average molecular weight is 461 g/mol. The summed E-state index contributed by atoms with van der Waals surface area (Å²) in [4.78, 5) is 4.68. The molecule has 0 aliphatic carbocycles. The van der Waals surface area contributed by atoms with Crippen LogP contribution in [-0.4, -0.2) is 37.9 Å². The van der Waals surface area contributed by atoms with E-state index >= 15 is 0 Å². The van der Waals surface area contributed by atoms with Gasteiger partial charge in [0.2, 0.25) is 0 Å². The second-order valence-corrected chi connectivity index (χ2v) is 6.40. The highest BCUT2D eigenvalue weighted by atomic mass is 127. The number of rotatable bonds is 8. The molecule has 0 saturated carbocycles. The van der Waals surface area contributed by atoms with E-state index in [1.807, 2.05) is 6.92 Å². The third-order valence-electron chi connectivity index (χ3n) is 4.19. The molecule has 0 spiro atoms. The molecule has 0 aromatic heterocycles. The van der Waals surface area contributed by atoms with Crippen LogP contribution in [-0.2, 0) is 22.6 Å². The lowest BCUT2D eigenvalue weighted by molar-refractivity contribution is 0.0243. The smallest absolute Gasteiger partial charge is 0.191 e. The van der Waals surface area contributed by atoms with Gasteiger partial charge in [0.25, 0.3) is 0 Å². The summed E-state index contributed by atoms with van der Waals surface area (Å²) in [6, 6.07) is 8.44. The molecule has 1 heterocycles. The van der Waals surface area contributed by atoms with E-state index in [1.54, 1.807) is 0 Å². The van der Waals surface area contributed by atoms with E-state index < -0.39 is 0 Å². The summed E-state index contributed by atoms with van der Waals surface area (Å²) in [5.41, 5.74) is 2.31. The Kier molecular flexibility index (Phi) is 10.4. The fourth-order valence-electron chi connectivity index (χ4n) is 2.72. The first-order valence-electron chi connectivity index (χ1n) is 8.97. The first-order valence-corrected chi connectivity index (χ1v) is 8.97. The molecule has 1 aliphatic heterocycles. The van der Waals surface area contributed by atoms with Crippen molar-refractivity contribution in [1.82, 2.24) is 10.6 Å². The third kappa shape index (κ3) is 7.92. The summed E-state index contributed by atoms with van der Waals surface area (Å²) >= 11 is 0. The molecule has 0 radical (unpaired) electrons. The Balaban J connectivity index is 0.00000312. The van der Waals surface area contributed by atoms with Crippen molar-refractivity contribution < 1.29 is 9.47 Å². The van der Waals surface area contributed by atoms with Gasteiger partial charge >= 0.3 is 0 Å². The molecule has 1 aromatic carbocycles. The van der Waals surface area contributed by atoms with Gasteiger partial charge in [0.1, 0.15) is 0 Å². The van der Waals surface area contributed by atoms with Gasteiger partial charge in [0.05, 0.1) is 18.8 Å². The molecule has 142 valence electrons. The van der Waals surface area contributed by atoms with Crippen LogP contribution in [0.5, 0.6) is 0 Å². The number of nitrogens with zero attached hydrogens (tertiary/aromatic N) is 1. The molecule has 2 rings (SSSR count). The lowest BCUT2D eigenvalue weighted by atomic mass is 10.0. The predicted molar refractivity (Wildman–Crippen MR) is 114 cm³/mol. The zero-order valence-electron chi connectivity index (χ0n) is 15.6. The van der Waals surface area contributed by atoms with E-state index in [0.717, 1.165) is 45.1 Å². The molecular weight excluding hydrogens is 429 g/mol. The minimum absolute atomic E-state index is 0. The molecule has 1 saturated heterocycles. The van der Waals surface area contributed by atoms with Crippen LogP contribution in [0, 0.1) is 0 Å². The number of benzene rings is 1. The van der Waals surface area contributed by atoms with Crippen LogP contribution >= 0.6 is 24.0 Å². The van der Waals surface area contributed by atoms with Crippen LogP contribution in [0.4, 0.5) is 0 Å². The highest BCUT2D eigenvalue weighted by molar-refractivity contribution is 14.0. The number of hydrogen-bond donors (Lipinski definition) is 2. The Labute approximate surface area is 169 Å². The minimum Gasteiger partial charge on any atom is -0.377 e. The van der Waals surface area contributed by atoms with Gasteiger partial charge in [0.15, 0.2) is 5.96 Å². The summed E-state index contributed by atoms with van der Waals surface area (Å²) < 4.78 is 11.2. The van der Waals surface area contributed by atoms with Gasteiger partial charge < -0.3 is 20.1 Å². The summed E-state index contributed by atoms with van der Waals surface area (Å²) in [6.07, 6.45) is 2.24. The Morgan fingerprint density at radius 1 is 1.20 bits per heavy atom. The van der Waals surface area contributed by atoms with Gasteiger partial charge in [-0.05, 0) is 44.7 Å². The predicted octanol–water partition coefficient (Wildman–Crippen LogP) is 3.47. The second-order valence-electron chi connectivity index (χ2n) is 6.40. The SMILES string of the molecule is CCNC(=NCc1ccc(COCC)cc1)NCC1(C)CCCO1.I. The third-order valence-corrected chi connectivity index (χ3v) is 4.19. The molecule has 1 aromatic rings. The van der Waals surface area contributed by atoms with E-state index in [-0.39, 0.29) is 29.6 Å². The molecule has 6 heteroatoms. The van der Waals surface area contributed by atoms with E-state index in [1.165, 1.54) is 11.1 Å². The largest absolute Gasteiger partial charge is 0.377 e. The zero-order chi connectivity index (χ0) is 17.3. The molecule has 25 heavy (non-hydrogen) atoms. The highest BCUT2D eigenvalue weighted by Crippen LogP contribution is 2.23. The molecule has 1 aliphatic rings.